The first-order valence-corrected chi connectivity index (χ1v) is 7.41. The number of rotatable bonds is 6. The first-order chi connectivity index (χ1) is 8.98. The Kier molecular flexibility index (Phi) is 3.94. The topological polar surface area (TPSA) is 66.4 Å². The molecular weight excluding hydrogens is 262 g/mol. The average Bonchev–Trinajstić information content (AvgIpc) is 3.08. The maximum atomic E-state index is 12.0. The first-order valence-electron chi connectivity index (χ1n) is 6.59. The summed E-state index contributed by atoms with van der Waals surface area (Å²) in [6, 6.07) is 1.93. The van der Waals surface area contributed by atoms with Crippen LogP contribution in [0.25, 0.3) is 0 Å². The molecule has 0 spiro atoms. The molecule has 2 N–H and O–H groups in total. The van der Waals surface area contributed by atoms with E-state index in [1.54, 1.807) is 0 Å². The van der Waals surface area contributed by atoms with Gasteiger partial charge in [-0.1, -0.05) is 13.3 Å². The second kappa shape index (κ2) is 5.33. The van der Waals surface area contributed by atoms with E-state index in [0.29, 0.717) is 17.7 Å². The largest absolute Gasteiger partial charge is 0.481 e. The third-order valence-corrected chi connectivity index (χ3v) is 4.75. The minimum absolute atomic E-state index is 0.150. The maximum Gasteiger partial charge on any atom is 0.311 e. The van der Waals surface area contributed by atoms with E-state index in [-0.39, 0.29) is 12.5 Å². The Morgan fingerprint density at radius 2 is 2.16 bits per heavy atom. The van der Waals surface area contributed by atoms with Crippen molar-refractivity contribution in [3.63, 3.8) is 0 Å². The van der Waals surface area contributed by atoms with Gasteiger partial charge in [-0.3, -0.25) is 9.59 Å². The van der Waals surface area contributed by atoms with Gasteiger partial charge in [-0.2, -0.15) is 0 Å². The zero-order valence-electron chi connectivity index (χ0n) is 11.3. The molecular formula is C14H19NO3S. The number of thiophene rings is 1. The minimum Gasteiger partial charge on any atom is -0.481 e. The number of hydrogen-bond donors (Lipinski definition) is 2. The highest BCUT2D eigenvalue weighted by molar-refractivity contribution is 7.14. The van der Waals surface area contributed by atoms with Crippen LogP contribution in [-0.2, 0) is 11.2 Å². The Morgan fingerprint density at radius 1 is 1.47 bits per heavy atom. The van der Waals surface area contributed by atoms with Crippen LogP contribution in [0.3, 0.4) is 0 Å². The molecule has 1 aromatic heterocycles. The lowest BCUT2D eigenvalue weighted by atomic mass is 10.1. The summed E-state index contributed by atoms with van der Waals surface area (Å²) in [6.07, 6.45) is 3.36. The number of carbonyl (C=O) groups excluding carboxylic acids is 1. The fourth-order valence-electron chi connectivity index (χ4n) is 2.10. The van der Waals surface area contributed by atoms with Crippen molar-refractivity contribution in [2.75, 3.05) is 6.54 Å². The van der Waals surface area contributed by atoms with Gasteiger partial charge in [0.2, 0.25) is 0 Å². The molecule has 0 saturated heterocycles. The third-order valence-electron chi connectivity index (χ3n) is 3.66. The number of aliphatic carboxylic acids is 1. The van der Waals surface area contributed by atoms with Crippen LogP contribution in [0.5, 0.6) is 0 Å². The molecule has 1 amide bonds. The van der Waals surface area contributed by atoms with Crippen LogP contribution in [-0.4, -0.2) is 23.5 Å². The molecule has 2 rings (SSSR count). The molecule has 0 aliphatic heterocycles. The lowest BCUT2D eigenvalue weighted by Gasteiger charge is -2.10. The number of amides is 1. The van der Waals surface area contributed by atoms with Crippen LogP contribution in [0.4, 0.5) is 0 Å². The number of carboxylic acid groups (broad SMARTS) is 1. The predicted molar refractivity (Wildman–Crippen MR) is 74.7 cm³/mol. The lowest BCUT2D eigenvalue weighted by Crippen LogP contribution is -2.33. The van der Waals surface area contributed by atoms with Crippen molar-refractivity contribution in [3.05, 3.63) is 21.4 Å². The fraction of sp³-hybridized carbons (Fsp3) is 0.571. The highest BCUT2D eigenvalue weighted by Crippen LogP contribution is 2.45. The number of carbonyl (C=O) groups is 2. The highest BCUT2D eigenvalue weighted by atomic mass is 32.1. The molecule has 1 saturated carbocycles. The summed E-state index contributed by atoms with van der Waals surface area (Å²) >= 11 is 1.48. The van der Waals surface area contributed by atoms with E-state index in [4.69, 9.17) is 5.11 Å². The smallest absolute Gasteiger partial charge is 0.311 e. The molecule has 1 fully saturated rings. The number of hydrogen-bond acceptors (Lipinski definition) is 3. The molecule has 1 aliphatic rings. The zero-order valence-corrected chi connectivity index (χ0v) is 12.1. The van der Waals surface area contributed by atoms with Crippen LogP contribution in [0, 0.1) is 12.3 Å². The van der Waals surface area contributed by atoms with Gasteiger partial charge in [0, 0.05) is 11.4 Å². The molecule has 0 unspecified atom stereocenters. The lowest BCUT2D eigenvalue weighted by molar-refractivity contribution is -0.143. The van der Waals surface area contributed by atoms with Gasteiger partial charge < -0.3 is 10.4 Å². The first kappa shape index (κ1) is 14.1. The normalized spacial score (nSPS) is 16.1. The Morgan fingerprint density at radius 3 is 2.68 bits per heavy atom. The number of nitrogens with one attached hydrogen (secondary N) is 1. The van der Waals surface area contributed by atoms with Gasteiger partial charge in [0.1, 0.15) is 0 Å². The van der Waals surface area contributed by atoms with Crippen molar-refractivity contribution in [1.29, 1.82) is 0 Å². The van der Waals surface area contributed by atoms with Crippen LogP contribution >= 0.6 is 11.3 Å². The van der Waals surface area contributed by atoms with Crippen molar-refractivity contribution in [3.8, 4) is 0 Å². The molecule has 5 heteroatoms. The fourth-order valence-corrected chi connectivity index (χ4v) is 3.09. The quantitative estimate of drug-likeness (QED) is 0.842. The van der Waals surface area contributed by atoms with Crippen molar-refractivity contribution < 1.29 is 14.7 Å². The summed E-state index contributed by atoms with van der Waals surface area (Å²) in [7, 11) is 0. The van der Waals surface area contributed by atoms with Crippen LogP contribution < -0.4 is 5.32 Å². The Labute approximate surface area is 116 Å². The van der Waals surface area contributed by atoms with Crippen molar-refractivity contribution in [2.45, 2.75) is 39.5 Å². The molecule has 0 atom stereocenters. The summed E-state index contributed by atoms with van der Waals surface area (Å²) in [5, 5.41) is 11.8. The Bertz CT molecular complexity index is 503. The van der Waals surface area contributed by atoms with E-state index in [1.807, 2.05) is 13.0 Å². The molecule has 104 valence electrons. The maximum absolute atomic E-state index is 12.0. The monoisotopic (exact) mass is 281 g/mol. The molecule has 1 aliphatic carbocycles. The van der Waals surface area contributed by atoms with Crippen molar-refractivity contribution >= 4 is 23.2 Å². The van der Waals surface area contributed by atoms with Crippen molar-refractivity contribution in [2.24, 2.45) is 5.41 Å². The van der Waals surface area contributed by atoms with Crippen molar-refractivity contribution in [1.82, 2.24) is 5.32 Å². The van der Waals surface area contributed by atoms with Crippen LogP contribution in [0.15, 0.2) is 6.07 Å². The second-order valence-electron chi connectivity index (χ2n) is 5.21. The summed E-state index contributed by atoms with van der Waals surface area (Å²) in [4.78, 5) is 24.9. The average molecular weight is 281 g/mol. The number of aryl methyl sites for hydroxylation is 2. The van der Waals surface area contributed by atoms with Gasteiger partial charge >= 0.3 is 5.97 Å². The summed E-state index contributed by atoms with van der Waals surface area (Å²) < 4.78 is 0. The summed E-state index contributed by atoms with van der Waals surface area (Å²) in [5.41, 5.74) is 0.519. The van der Waals surface area contributed by atoms with Gasteiger partial charge in [-0.15, -0.1) is 11.3 Å². The molecule has 1 aromatic rings. The van der Waals surface area contributed by atoms with E-state index < -0.39 is 11.4 Å². The van der Waals surface area contributed by atoms with Gasteiger partial charge in [0.25, 0.3) is 5.91 Å². The van der Waals surface area contributed by atoms with E-state index in [9.17, 15) is 9.59 Å². The molecule has 19 heavy (non-hydrogen) atoms. The van der Waals surface area contributed by atoms with Gasteiger partial charge in [0.05, 0.1) is 10.3 Å². The summed E-state index contributed by atoms with van der Waals surface area (Å²) in [6.45, 7) is 4.37. The van der Waals surface area contributed by atoms with E-state index in [2.05, 4.69) is 12.2 Å². The van der Waals surface area contributed by atoms with E-state index in [0.717, 1.165) is 12.8 Å². The Hall–Kier alpha value is -1.36. The van der Waals surface area contributed by atoms with E-state index in [1.165, 1.54) is 21.8 Å². The van der Waals surface area contributed by atoms with E-state index >= 15 is 0 Å². The molecule has 1 heterocycles. The standard InChI is InChI=1S/C14H19NO3S/c1-3-4-10-7-11(19-9(10)2)12(16)15-8-14(5-6-14)13(17)18/h7H,3-6,8H2,1-2H3,(H,15,16)(H,17,18). The number of carboxylic acids is 1. The van der Waals surface area contributed by atoms with Gasteiger partial charge in [-0.05, 0) is 37.8 Å². The Balaban J connectivity index is 1.97. The van der Waals surface area contributed by atoms with Gasteiger partial charge in [0.15, 0.2) is 0 Å². The van der Waals surface area contributed by atoms with Crippen LogP contribution in [0.1, 0.15) is 46.3 Å². The zero-order chi connectivity index (χ0) is 14.0. The predicted octanol–water partition coefficient (Wildman–Crippen LogP) is 2.60. The molecule has 0 bridgehead atoms. The van der Waals surface area contributed by atoms with Crippen LogP contribution in [0.2, 0.25) is 0 Å². The second-order valence-corrected chi connectivity index (χ2v) is 6.47. The third kappa shape index (κ3) is 2.97. The minimum atomic E-state index is -0.804. The van der Waals surface area contributed by atoms with Gasteiger partial charge in [-0.25, -0.2) is 0 Å². The molecule has 0 radical (unpaired) electrons. The molecule has 0 aromatic carbocycles. The summed E-state index contributed by atoms with van der Waals surface area (Å²) in [5.74, 6) is -0.954. The SMILES string of the molecule is CCCc1cc(C(=O)NCC2(C(=O)O)CC2)sc1C. The highest BCUT2D eigenvalue weighted by Gasteiger charge is 2.50. The molecule has 4 nitrogen and oxygen atoms in total.